The predicted octanol–water partition coefficient (Wildman–Crippen LogP) is 1.81. The van der Waals surface area contributed by atoms with E-state index < -0.39 is 0 Å². The average Bonchev–Trinajstić information content (AvgIpc) is 1.83. The topological polar surface area (TPSA) is 20.2 Å². The Kier molecular flexibility index (Phi) is 5.08. The first-order chi connectivity index (χ1) is 3.81. The minimum absolute atomic E-state index is 0.347. The highest BCUT2D eigenvalue weighted by Crippen LogP contribution is 2.04. The molecule has 0 spiro atoms. The fourth-order valence-corrected chi connectivity index (χ4v) is 0.644. The molecule has 0 aliphatic heterocycles. The molecule has 0 aliphatic carbocycles. The van der Waals surface area contributed by atoms with E-state index in [9.17, 15) is 0 Å². The van der Waals surface area contributed by atoms with Crippen molar-refractivity contribution in [1.82, 2.24) is 0 Å². The quantitative estimate of drug-likeness (QED) is 0.594. The van der Waals surface area contributed by atoms with Gasteiger partial charge in [-0.1, -0.05) is 26.7 Å². The monoisotopic (exact) mass is 116 g/mol. The highest BCUT2D eigenvalue weighted by molar-refractivity contribution is 4.48. The summed E-state index contributed by atoms with van der Waals surface area (Å²) in [6.07, 6.45) is 3.67. The van der Waals surface area contributed by atoms with Crippen LogP contribution in [-0.2, 0) is 0 Å². The van der Waals surface area contributed by atoms with Crippen LogP contribution in [0.2, 0.25) is 0 Å². The lowest BCUT2D eigenvalue weighted by molar-refractivity contribution is 0.228. The van der Waals surface area contributed by atoms with Crippen LogP contribution in [0, 0.1) is 5.92 Å². The zero-order valence-corrected chi connectivity index (χ0v) is 5.85. The van der Waals surface area contributed by atoms with Crippen molar-refractivity contribution in [2.75, 3.05) is 6.61 Å². The molecule has 0 aromatic rings. The summed E-state index contributed by atoms with van der Waals surface area (Å²) in [7, 11) is 0. The molecule has 0 bridgehead atoms. The standard InChI is InChI=1S/C7H16O/c1-3-4-5-7(2)6-8/h7-8H,3-6H2,1-2H3/t7-/m1/s1. The summed E-state index contributed by atoms with van der Waals surface area (Å²) in [5.74, 6) is 0.509. The molecule has 0 saturated carbocycles. The summed E-state index contributed by atoms with van der Waals surface area (Å²) < 4.78 is 0. The highest BCUT2D eigenvalue weighted by Gasteiger charge is 1.95. The maximum Gasteiger partial charge on any atom is 0.0456 e. The first kappa shape index (κ1) is 7.96. The van der Waals surface area contributed by atoms with Gasteiger partial charge in [0.15, 0.2) is 0 Å². The van der Waals surface area contributed by atoms with E-state index in [-0.39, 0.29) is 0 Å². The molecule has 1 N–H and O–H groups in total. The van der Waals surface area contributed by atoms with E-state index in [1.165, 1.54) is 19.3 Å². The number of aliphatic hydroxyl groups is 1. The van der Waals surface area contributed by atoms with Crippen LogP contribution in [0.3, 0.4) is 0 Å². The van der Waals surface area contributed by atoms with E-state index in [1.807, 2.05) is 0 Å². The molecular formula is C7H16O. The third-order valence-corrected chi connectivity index (χ3v) is 1.36. The van der Waals surface area contributed by atoms with Crippen LogP contribution in [0.1, 0.15) is 33.1 Å². The molecule has 50 valence electrons. The van der Waals surface area contributed by atoms with Crippen molar-refractivity contribution in [3.63, 3.8) is 0 Å². The lowest BCUT2D eigenvalue weighted by Gasteiger charge is -2.03. The van der Waals surface area contributed by atoms with Gasteiger partial charge in [-0.2, -0.15) is 0 Å². The molecule has 0 heterocycles. The third kappa shape index (κ3) is 4.13. The van der Waals surface area contributed by atoms with Crippen LogP contribution in [0.5, 0.6) is 0 Å². The van der Waals surface area contributed by atoms with E-state index >= 15 is 0 Å². The fourth-order valence-electron chi connectivity index (χ4n) is 0.644. The minimum Gasteiger partial charge on any atom is -0.396 e. The highest BCUT2D eigenvalue weighted by atomic mass is 16.3. The fraction of sp³-hybridized carbons (Fsp3) is 1.00. The van der Waals surface area contributed by atoms with Crippen molar-refractivity contribution in [2.45, 2.75) is 33.1 Å². The van der Waals surface area contributed by atoms with Crippen molar-refractivity contribution in [3.05, 3.63) is 0 Å². The molecule has 0 amide bonds. The van der Waals surface area contributed by atoms with Gasteiger partial charge in [0.2, 0.25) is 0 Å². The molecule has 8 heavy (non-hydrogen) atoms. The summed E-state index contributed by atoms with van der Waals surface area (Å²) in [5.41, 5.74) is 0. The molecule has 0 aliphatic rings. The molecule has 0 aromatic carbocycles. The van der Waals surface area contributed by atoms with E-state index in [0.29, 0.717) is 12.5 Å². The second kappa shape index (κ2) is 5.10. The smallest absolute Gasteiger partial charge is 0.0456 e. The second-order valence-electron chi connectivity index (χ2n) is 2.43. The van der Waals surface area contributed by atoms with Gasteiger partial charge in [0.25, 0.3) is 0 Å². The normalized spacial score (nSPS) is 13.9. The van der Waals surface area contributed by atoms with E-state index in [2.05, 4.69) is 13.8 Å². The first-order valence-corrected chi connectivity index (χ1v) is 3.42. The Bertz CT molecular complexity index is 43.7. The maximum atomic E-state index is 8.56. The van der Waals surface area contributed by atoms with Crippen molar-refractivity contribution in [3.8, 4) is 0 Å². The third-order valence-electron chi connectivity index (χ3n) is 1.36. The summed E-state index contributed by atoms with van der Waals surface area (Å²) in [6, 6.07) is 0. The molecule has 1 heteroatoms. The Hall–Kier alpha value is -0.0400. The maximum absolute atomic E-state index is 8.56. The lowest BCUT2D eigenvalue weighted by atomic mass is 10.1. The van der Waals surface area contributed by atoms with Gasteiger partial charge in [-0.15, -0.1) is 0 Å². The minimum atomic E-state index is 0.347. The van der Waals surface area contributed by atoms with Crippen LogP contribution in [0.25, 0.3) is 0 Å². The van der Waals surface area contributed by atoms with Crippen molar-refractivity contribution in [1.29, 1.82) is 0 Å². The summed E-state index contributed by atoms with van der Waals surface area (Å²) in [6.45, 7) is 4.60. The SMILES string of the molecule is CCCC[C@@H](C)CO. The van der Waals surface area contributed by atoms with Gasteiger partial charge in [0.05, 0.1) is 0 Å². The Labute approximate surface area is 51.7 Å². The van der Waals surface area contributed by atoms with Crippen LogP contribution >= 0.6 is 0 Å². The zero-order valence-electron chi connectivity index (χ0n) is 5.85. The molecule has 1 nitrogen and oxygen atoms in total. The molecule has 0 radical (unpaired) electrons. The number of rotatable bonds is 4. The molecule has 0 saturated heterocycles. The van der Waals surface area contributed by atoms with Gasteiger partial charge in [-0.25, -0.2) is 0 Å². The van der Waals surface area contributed by atoms with Gasteiger partial charge in [0.1, 0.15) is 0 Å². The van der Waals surface area contributed by atoms with Crippen LogP contribution in [-0.4, -0.2) is 11.7 Å². The van der Waals surface area contributed by atoms with Gasteiger partial charge in [-0.3, -0.25) is 0 Å². The Morgan fingerprint density at radius 2 is 2.12 bits per heavy atom. The Morgan fingerprint density at radius 3 is 2.50 bits per heavy atom. The second-order valence-corrected chi connectivity index (χ2v) is 2.43. The Morgan fingerprint density at radius 1 is 1.50 bits per heavy atom. The number of aliphatic hydroxyl groups excluding tert-OH is 1. The predicted molar refractivity (Wildman–Crippen MR) is 35.8 cm³/mol. The molecule has 0 fully saturated rings. The van der Waals surface area contributed by atoms with E-state index in [1.54, 1.807) is 0 Å². The molecule has 0 unspecified atom stereocenters. The summed E-state index contributed by atoms with van der Waals surface area (Å²) in [5, 5.41) is 8.56. The van der Waals surface area contributed by atoms with Gasteiger partial charge in [-0.05, 0) is 12.3 Å². The largest absolute Gasteiger partial charge is 0.396 e. The molecule has 1 atom stereocenters. The summed E-state index contributed by atoms with van der Waals surface area (Å²) >= 11 is 0. The average molecular weight is 116 g/mol. The van der Waals surface area contributed by atoms with Gasteiger partial charge < -0.3 is 5.11 Å². The van der Waals surface area contributed by atoms with Crippen molar-refractivity contribution in [2.24, 2.45) is 5.92 Å². The molecular weight excluding hydrogens is 100 g/mol. The number of hydrogen-bond acceptors (Lipinski definition) is 1. The van der Waals surface area contributed by atoms with Crippen LogP contribution in [0.4, 0.5) is 0 Å². The van der Waals surface area contributed by atoms with Gasteiger partial charge in [0, 0.05) is 6.61 Å². The van der Waals surface area contributed by atoms with Crippen molar-refractivity contribution >= 4 is 0 Å². The number of hydrogen-bond donors (Lipinski definition) is 1. The Balaban J connectivity index is 2.86. The molecule has 0 rings (SSSR count). The van der Waals surface area contributed by atoms with E-state index in [0.717, 1.165) is 0 Å². The van der Waals surface area contributed by atoms with Crippen LogP contribution < -0.4 is 0 Å². The van der Waals surface area contributed by atoms with Crippen LogP contribution in [0.15, 0.2) is 0 Å². The first-order valence-electron chi connectivity index (χ1n) is 3.42. The molecule has 0 aromatic heterocycles. The van der Waals surface area contributed by atoms with E-state index in [4.69, 9.17) is 5.11 Å². The van der Waals surface area contributed by atoms with Gasteiger partial charge >= 0.3 is 0 Å². The lowest BCUT2D eigenvalue weighted by Crippen LogP contribution is -1.98. The number of unbranched alkanes of at least 4 members (excludes halogenated alkanes) is 1. The van der Waals surface area contributed by atoms with Crippen molar-refractivity contribution < 1.29 is 5.11 Å². The zero-order chi connectivity index (χ0) is 6.41. The summed E-state index contributed by atoms with van der Waals surface area (Å²) in [4.78, 5) is 0.